The van der Waals surface area contributed by atoms with Gasteiger partial charge in [0, 0.05) is 17.8 Å². The SMILES string of the molecule is Cn1c(Cn2cnc(Cl)c2Cl)nnc1SCc1ccccc1Cl. The van der Waals surface area contributed by atoms with Crippen molar-refractivity contribution in [1.82, 2.24) is 24.3 Å². The van der Waals surface area contributed by atoms with Crippen molar-refractivity contribution in [2.75, 3.05) is 0 Å². The van der Waals surface area contributed by atoms with Gasteiger partial charge in [0.2, 0.25) is 0 Å². The van der Waals surface area contributed by atoms with Crippen LogP contribution < -0.4 is 0 Å². The van der Waals surface area contributed by atoms with Crippen molar-refractivity contribution in [3.8, 4) is 0 Å². The van der Waals surface area contributed by atoms with Crippen LogP contribution in [0.2, 0.25) is 15.3 Å². The molecule has 3 aromatic rings. The number of imidazole rings is 1. The summed E-state index contributed by atoms with van der Waals surface area (Å²) in [7, 11) is 1.91. The van der Waals surface area contributed by atoms with E-state index in [-0.39, 0.29) is 5.15 Å². The molecule has 0 radical (unpaired) electrons. The molecule has 0 saturated carbocycles. The van der Waals surface area contributed by atoms with Crippen molar-refractivity contribution in [1.29, 1.82) is 0 Å². The molecular weight excluding hydrogens is 377 g/mol. The van der Waals surface area contributed by atoms with Crippen molar-refractivity contribution in [2.24, 2.45) is 7.05 Å². The highest BCUT2D eigenvalue weighted by Gasteiger charge is 2.13. The molecule has 0 atom stereocenters. The molecule has 0 amide bonds. The van der Waals surface area contributed by atoms with Gasteiger partial charge in [0.05, 0.1) is 12.9 Å². The van der Waals surface area contributed by atoms with E-state index < -0.39 is 0 Å². The van der Waals surface area contributed by atoms with Gasteiger partial charge < -0.3 is 9.13 Å². The maximum atomic E-state index is 6.17. The van der Waals surface area contributed by atoms with E-state index in [0.717, 1.165) is 27.3 Å². The van der Waals surface area contributed by atoms with Crippen LogP contribution >= 0.6 is 46.6 Å². The minimum atomic E-state index is 0.280. The Morgan fingerprint density at radius 1 is 1.13 bits per heavy atom. The first-order chi connectivity index (χ1) is 11.1. The van der Waals surface area contributed by atoms with E-state index in [9.17, 15) is 0 Å². The van der Waals surface area contributed by atoms with Crippen molar-refractivity contribution < 1.29 is 0 Å². The van der Waals surface area contributed by atoms with Crippen molar-refractivity contribution in [2.45, 2.75) is 17.5 Å². The van der Waals surface area contributed by atoms with E-state index in [1.165, 1.54) is 0 Å². The van der Waals surface area contributed by atoms with Crippen LogP contribution in [0.5, 0.6) is 0 Å². The van der Waals surface area contributed by atoms with Gasteiger partial charge in [-0.15, -0.1) is 10.2 Å². The second-order valence-corrected chi connectivity index (χ2v) is 6.86. The van der Waals surface area contributed by atoms with Crippen LogP contribution in [0, 0.1) is 0 Å². The Labute approximate surface area is 152 Å². The number of thioether (sulfide) groups is 1. The van der Waals surface area contributed by atoms with E-state index >= 15 is 0 Å². The summed E-state index contributed by atoms with van der Waals surface area (Å²) in [6.07, 6.45) is 1.58. The summed E-state index contributed by atoms with van der Waals surface area (Å²) in [5, 5.41) is 10.6. The maximum Gasteiger partial charge on any atom is 0.191 e. The van der Waals surface area contributed by atoms with Crippen LogP contribution in [-0.2, 0) is 19.3 Å². The Balaban J connectivity index is 1.72. The first-order valence-electron chi connectivity index (χ1n) is 6.67. The molecular formula is C14H12Cl3N5S. The molecule has 0 aliphatic rings. The first kappa shape index (κ1) is 16.6. The quantitative estimate of drug-likeness (QED) is 0.611. The van der Waals surface area contributed by atoms with E-state index in [4.69, 9.17) is 34.8 Å². The summed E-state index contributed by atoms with van der Waals surface area (Å²) in [6, 6.07) is 7.76. The first-order valence-corrected chi connectivity index (χ1v) is 8.79. The molecule has 9 heteroatoms. The highest BCUT2D eigenvalue weighted by atomic mass is 35.5. The Morgan fingerprint density at radius 3 is 2.61 bits per heavy atom. The zero-order valence-electron chi connectivity index (χ0n) is 12.1. The molecule has 5 nitrogen and oxygen atoms in total. The fourth-order valence-electron chi connectivity index (χ4n) is 1.97. The van der Waals surface area contributed by atoms with Crippen LogP contribution in [0.15, 0.2) is 35.7 Å². The lowest BCUT2D eigenvalue weighted by Gasteiger charge is -2.06. The minimum Gasteiger partial charge on any atom is -0.313 e. The molecule has 0 unspecified atom stereocenters. The molecule has 0 fully saturated rings. The number of aromatic nitrogens is 5. The summed E-state index contributed by atoms with van der Waals surface area (Å²) in [4.78, 5) is 3.95. The van der Waals surface area contributed by atoms with E-state index in [2.05, 4.69) is 15.2 Å². The van der Waals surface area contributed by atoms with Gasteiger partial charge in [-0.2, -0.15) is 0 Å². The van der Waals surface area contributed by atoms with E-state index in [1.54, 1.807) is 22.7 Å². The molecule has 0 bridgehead atoms. The molecule has 1 aromatic carbocycles. The van der Waals surface area contributed by atoms with E-state index in [0.29, 0.717) is 11.7 Å². The number of rotatable bonds is 5. The molecule has 120 valence electrons. The average molecular weight is 389 g/mol. The molecule has 3 rings (SSSR count). The number of benzene rings is 1. The monoisotopic (exact) mass is 387 g/mol. The number of hydrogen-bond donors (Lipinski definition) is 0. The molecule has 0 aliphatic heterocycles. The fraction of sp³-hybridized carbons (Fsp3) is 0.214. The zero-order chi connectivity index (χ0) is 16.4. The Morgan fingerprint density at radius 2 is 1.91 bits per heavy atom. The van der Waals surface area contributed by atoms with Gasteiger partial charge in [0.15, 0.2) is 16.1 Å². The van der Waals surface area contributed by atoms with Gasteiger partial charge in [0.25, 0.3) is 0 Å². The lowest BCUT2D eigenvalue weighted by molar-refractivity contribution is 0.675. The van der Waals surface area contributed by atoms with Crippen molar-refractivity contribution in [3.05, 3.63) is 57.3 Å². The summed E-state index contributed by atoms with van der Waals surface area (Å²) < 4.78 is 3.64. The zero-order valence-corrected chi connectivity index (χ0v) is 15.2. The van der Waals surface area contributed by atoms with Crippen LogP contribution in [0.4, 0.5) is 0 Å². The Hall–Kier alpha value is -1.21. The summed E-state index contributed by atoms with van der Waals surface area (Å²) in [6.45, 7) is 0.453. The highest BCUT2D eigenvalue weighted by Crippen LogP contribution is 2.26. The second-order valence-electron chi connectivity index (χ2n) is 4.79. The van der Waals surface area contributed by atoms with Crippen LogP contribution in [0.25, 0.3) is 0 Å². The molecule has 0 N–H and O–H groups in total. The Kier molecular flexibility index (Phi) is 5.16. The van der Waals surface area contributed by atoms with Crippen molar-refractivity contribution in [3.63, 3.8) is 0 Å². The number of hydrogen-bond acceptors (Lipinski definition) is 4. The van der Waals surface area contributed by atoms with Gasteiger partial charge in [-0.1, -0.05) is 64.8 Å². The molecule has 0 aliphatic carbocycles. The fourth-order valence-corrected chi connectivity index (χ4v) is 3.49. The van der Waals surface area contributed by atoms with Crippen LogP contribution in [-0.4, -0.2) is 24.3 Å². The van der Waals surface area contributed by atoms with Gasteiger partial charge in [0.1, 0.15) is 5.15 Å². The van der Waals surface area contributed by atoms with Crippen LogP contribution in [0.3, 0.4) is 0 Å². The molecule has 0 saturated heterocycles. The highest BCUT2D eigenvalue weighted by molar-refractivity contribution is 7.98. The summed E-state index contributed by atoms with van der Waals surface area (Å²) >= 11 is 19.7. The van der Waals surface area contributed by atoms with Gasteiger partial charge >= 0.3 is 0 Å². The minimum absolute atomic E-state index is 0.280. The summed E-state index contributed by atoms with van der Waals surface area (Å²) in [5.74, 6) is 1.49. The largest absolute Gasteiger partial charge is 0.313 e. The normalized spacial score (nSPS) is 11.1. The predicted octanol–water partition coefficient (Wildman–Crippen LogP) is 4.31. The second kappa shape index (κ2) is 7.13. The smallest absolute Gasteiger partial charge is 0.191 e. The lowest BCUT2D eigenvalue weighted by Crippen LogP contribution is -2.06. The van der Waals surface area contributed by atoms with Gasteiger partial charge in [-0.3, -0.25) is 0 Å². The third kappa shape index (κ3) is 3.66. The maximum absolute atomic E-state index is 6.17. The van der Waals surface area contributed by atoms with Gasteiger partial charge in [-0.05, 0) is 11.6 Å². The number of nitrogens with zero attached hydrogens (tertiary/aromatic N) is 5. The lowest BCUT2D eigenvalue weighted by atomic mass is 10.2. The standard InChI is InChI=1S/C14H12Cl3N5S/c1-21-11(6-22-8-18-12(16)13(22)17)19-20-14(21)23-7-9-4-2-3-5-10(9)15/h2-5,8H,6-7H2,1H3. The third-order valence-electron chi connectivity index (χ3n) is 3.28. The number of halogens is 3. The van der Waals surface area contributed by atoms with Crippen LogP contribution in [0.1, 0.15) is 11.4 Å². The predicted molar refractivity (Wildman–Crippen MR) is 93.4 cm³/mol. The molecule has 23 heavy (non-hydrogen) atoms. The van der Waals surface area contributed by atoms with Crippen molar-refractivity contribution >= 4 is 46.6 Å². The molecule has 2 aromatic heterocycles. The average Bonchev–Trinajstić information content (AvgIpc) is 3.05. The topological polar surface area (TPSA) is 48.5 Å². The summed E-state index contributed by atoms with van der Waals surface area (Å²) in [5.41, 5.74) is 1.06. The van der Waals surface area contributed by atoms with Gasteiger partial charge in [-0.25, -0.2) is 4.98 Å². The molecule has 0 spiro atoms. The third-order valence-corrected chi connectivity index (χ3v) is 5.49. The molecule has 2 heterocycles. The Bertz CT molecular complexity index is 830. The van der Waals surface area contributed by atoms with E-state index in [1.807, 2.05) is 35.9 Å².